The molecule has 1 aromatic carbocycles. The van der Waals surface area contributed by atoms with Gasteiger partial charge in [-0.3, -0.25) is 0 Å². The third kappa shape index (κ3) is 5.23. The quantitative estimate of drug-likeness (QED) is 0.536. The Bertz CT molecular complexity index is 847. The maximum Gasteiger partial charge on any atom is 0.148 e. The average Bonchev–Trinajstić information content (AvgIpc) is 3.20. The van der Waals surface area contributed by atoms with E-state index in [0.717, 1.165) is 66.5 Å². The summed E-state index contributed by atoms with van der Waals surface area (Å²) in [5.41, 5.74) is 3.51. The Hall–Kier alpha value is -1.89. The zero-order chi connectivity index (χ0) is 21.5. The molecule has 0 aliphatic carbocycles. The van der Waals surface area contributed by atoms with E-state index < -0.39 is 0 Å². The molecule has 1 aliphatic rings. The number of halogens is 1. The fourth-order valence-corrected chi connectivity index (χ4v) is 3.79. The fourth-order valence-electron chi connectivity index (χ4n) is 3.53. The first-order chi connectivity index (χ1) is 14.6. The Morgan fingerprint density at radius 2 is 1.93 bits per heavy atom. The zero-order valence-electron chi connectivity index (χ0n) is 18.3. The summed E-state index contributed by atoms with van der Waals surface area (Å²) in [7, 11) is 1.63. The summed E-state index contributed by atoms with van der Waals surface area (Å²) < 4.78 is 17.0. The molecule has 0 spiro atoms. The summed E-state index contributed by atoms with van der Waals surface area (Å²) >= 11 is 6.53. The van der Waals surface area contributed by atoms with Crippen LogP contribution in [0.15, 0.2) is 18.2 Å². The minimum atomic E-state index is 0.0313. The van der Waals surface area contributed by atoms with E-state index >= 15 is 0 Å². The van der Waals surface area contributed by atoms with E-state index in [-0.39, 0.29) is 12.1 Å². The molecule has 1 N–H and O–H groups in total. The molecule has 0 amide bonds. The molecule has 0 radical (unpaired) electrons. The minimum absolute atomic E-state index is 0.0313. The van der Waals surface area contributed by atoms with Gasteiger partial charge in [-0.05, 0) is 37.5 Å². The van der Waals surface area contributed by atoms with Crippen LogP contribution in [0.25, 0.3) is 11.3 Å². The lowest BCUT2D eigenvalue weighted by atomic mass is 10.1. The van der Waals surface area contributed by atoms with Crippen molar-refractivity contribution in [2.45, 2.75) is 58.6 Å². The second kappa shape index (κ2) is 10.9. The third-order valence-corrected chi connectivity index (χ3v) is 5.63. The lowest BCUT2D eigenvalue weighted by Gasteiger charge is -2.22. The maximum absolute atomic E-state index is 6.53. The van der Waals surface area contributed by atoms with Gasteiger partial charge in [-0.15, -0.1) is 0 Å². The highest BCUT2D eigenvalue weighted by Gasteiger charge is 2.30. The molecule has 164 valence electrons. The number of aryl methyl sites for hydroxylation is 2. The molecular formula is C23H32ClN3O3. The average molecular weight is 434 g/mol. The highest BCUT2D eigenvalue weighted by molar-refractivity contribution is 6.33. The Labute approximate surface area is 184 Å². The van der Waals surface area contributed by atoms with Crippen LogP contribution in [0.3, 0.4) is 0 Å². The summed E-state index contributed by atoms with van der Waals surface area (Å²) in [6.45, 7) is 8.29. The topological polar surface area (TPSA) is 65.5 Å². The molecule has 0 unspecified atom stereocenters. The number of nitrogens with zero attached hydrogens (tertiary/aromatic N) is 2. The van der Waals surface area contributed by atoms with Gasteiger partial charge in [0.2, 0.25) is 0 Å². The summed E-state index contributed by atoms with van der Waals surface area (Å²) in [5.74, 6) is 1.53. The van der Waals surface area contributed by atoms with Crippen molar-refractivity contribution >= 4 is 17.4 Å². The van der Waals surface area contributed by atoms with E-state index in [1.54, 1.807) is 7.11 Å². The highest BCUT2D eigenvalue weighted by atomic mass is 35.5. The molecule has 2 aromatic rings. The lowest BCUT2D eigenvalue weighted by Crippen LogP contribution is -2.35. The largest absolute Gasteiger partial charge is 0.497 e. The number of hydrogen-bond acceptors (Lipinski definition) is 6. The van der Waals surface area contributed by atoms with Crippen LogP contribution in [0.2, 0.25) is 5.02 Å². The number of unbranched alkanes of at least 4 members (excludes halogenated alkanes) is 1. The van der Waals surface area contributed by atoms with E-state index in [1.807, 2.05) is 18.2 Å². The van der Waals surface area contributed by atoms with Crippen LogP contribution in [0, 0.1) is 0 Å². The second-order valence-corrected chi connectivity index (χ2v) is 7.83. The number of hydrogen-bond donors (Lipinski definition) is 1. The van der Waals surface area contributed by atoms with Crippen molar-refractivity contribution in [3.8, 4) is 17.0 Å². The highest BCUT2D eigenvalue weighted by Crippen LogP contribution is 2.33. The van der Waals surface area contributed by atoms with Crippen LogP contribution in [0.1, 0.15) is 45.0 Å². The van der Waals surface area contributed by atoms with Gasteiger partial charge < -0.3 is 19.5 Å². The van der Waals surface area contributed by atoms with Crippen molar-refractivity contribution in [3.63, 3.8) is 0 Å². The van der Waals surface area contributed by atoms with Gasteiger partial charge in [0.05, 0.1) is 48.5 Å². The lowest BCUT2D eigenvalue weighted by molar-refractivity contribution is 0.0381. The van der Waals surface area contributed by atoms with E-state index in [9.17, 15) is 0 Å². The Morgan fingerprint density at radius 1 is 1.13 bits per heavy atom. The second-order valence-electron chi connectivity index (χ2n) is 7.42. The van der Waals surface area contributed by atoms with Crippen LogP contribution >= 0.6 is 11.6 Å². The third-order valence-electron chi connectivity index (χ3n) is 5.32. The summed E-state index contributed by atoms with van der Waals surface area (Å²) in [6, 6.07) is 5.72. The molecule has 7 heteroatoms. The smallest absolute Gasteiger partial charge is 0.148 e. The van der Waals surface area contributed by atoms with Crippen LogP contribution in [0.4, 0.5) is 5.82 Å². The number of nitrogens with one attached hydrogen (secondary N) is 1. The molecule has 2 heterocycles. The molecule has 1 fully saturated rings. The number of ether oxygens (including phenoxy) is 3. The summed E-state index contributed by atoms with van der Waals surface area (Å²) in [5, 5.41) is 4.15. The van der Waals surface area contributed by atoms with Crippen molar-refractivity contribution < 1.29 is 14.2 Å². The molecule has 6 nitrogen and oxygen atoms in total. The molecule has 1 saturated heterocycles. The van der Waals surface area contributed by atoms with Crippen molar-refractivity contribution in [1.29, 1.82) is 0 Å². The Balaban J connectivity index is 1.88. The van der Waals surface area contributed by atoms with Gasteiger partial charge in [0.15, 0.2) is 0 Å². The van der Waals surface area contributed by atoms with Crippen molar-refractivity contribution in [2.75, 3.05) is 32.2 Å². The number of benzene rings is 1. The van der Waals surface area contributed by atoms with Gasteiger partial charge in [-0.2, -0.15) is 0 Å². The summed E-state index contributed by atoms with van der Waals surface area (Å²) in [4.78, 5) is 9.90. The van der Waals surface area contributed by atoms with Crippen LogP contribution in [0.5, 0.6) is 5.75 Å². The van der Waals surface area contributed by atoms with Gasteiger partial charge in [0, 0.05) is 12.2 Å². The molecule has 0 bridgehead atoms. The fraction of sp³-hybridized carbons (Fsp3) is 0.565. The Morgan fingerprint density at radius 3 is 2.60 bits per heavy atom. The van der Waals surface area contributed by atoms with Gasteiger partial charge in [-0.25, -0.2) is 9.97 Å². The predicted octanol–water partition coefficient (Wildman–Crippen LogP) is 4.93. The monoisotopic (exact) mass is 433 g/mol. The van der Waals surface area contributed by atoms with Crippen LogP contribution in [-0.2, 0) is 22.3 Å². The number of rotatable bonds is 10. The molecule has 30 heavy (non-hydrogen) atoms. The first-order valence-electron chi connectivity index (χ1n) is 10.8. The minimum Gasteiger partial charge on any atom is -0.497 e. The molecule has 2 atom stereocenters. The van der Waals surface area contributed by atoms with Crippen molar-refractivity contribution in [3.05, 3.63) is 34.6 Å². The molecule has 1 aromatic heterocycles. The molecular weight excluding hydrogens is 402 g/mol. The van der Waals surface area contributed by atoms with Gasteiger partial charge in [0.25, 0.3) is 0 Å². The van der Waals surface area contributed by atoms with Gasteiger partial charge in [0.1, 0.15) is 17.7 Å². The zero-order valence-corrected chi connectivity index (χ0v) is 19.1. The van der Waals surface area contributed by atoms with Crippen molar-refractivity contribution in [1.82, 2.24) is 9.97 Å². The first kappa shape index (κ1) is 22.8. The molecule has 0 saturated carbocycles. The van der Waals surface area contributed by atoms with Gasteiger partial charge in [-0.1, -0.05) is 38.8 Å². The van der Waals surface area contributed by atoms with E-state index in [2.05, 4.69) is 26.1 Å². The standard InChI is InChI=1S/C23H32ClN3O3/c1-5-8-11-30-21-14-29-13-20(21)27-23-19(7-3)25-22(18(6-2)26-23)16-10-9-15(28-4)12-17(16)24/h9-10,12,20-21H,5-8,11,13-14H2,1-4H3,(H,26,27)/t20-,21+/m1/s1. The van der Waals surface area contributed by atoms with E-state index in [0.29, 0.717) is 18.2 Å². The maximum atomic E-state index is 6.53. The van der Waals surface area contributed by atoms with E-state index in [4.69, 9.17) is 35.8 Å². The number of methoxy groups -OCH3 is 1. The molecule has 1 aliphatic heterocycles. The number of aromatic nitrogens is 2. The first-order valence-corrected chi connectivity index (χ1v) is 11.2. The summed E-state index contributed by atoms with van der Waals surface area (Å²) in [6.07, 6.45) is 3.71. The number of anilines is 1. The van der Waals surface area contributed by atoms with Gasteiger partial charge >= 0.3 is 0 Å². The van der Waals surface area contributed by atoms with Crippen LogP contribution < -0.4 is 10.1 Å². The molecule has 3 rings (SSSR count). The van der Waals surface area contributed by atoms with Crippen molar-refractivity contribution in [2.24, 2.45) is 0 Å². The normalized spacial score (nSPS) is 18.6. The SMILES string of the molecule is CCCCO[C@H]1COC[C@H]1Nc1nc(CC)c(-c2ccc(OC)cc2Cl)nc1CC. The Kier molecular flexibility index (Phi) is 8.31. The van der Waals surface area contributed by atoms with Crippen LogP contribution in [-0.4, -0.2) is 49.0 Å². The predicted molar refractivity (Wildman–Crippen MR) is 121 cm³/mol. The van der Waals surface area contributed by atoms with E-state index in [1.165, 1.54) is 0 Å².